The van der Waals surface area contributed by atoms with E-state index in [9.17, 15) is 0 Å². The molecule has 2 rings (SSSR count). The van der Waals surface area contributed by atoms with Crippen molar-refractivity contribution in [2.24, 2.45) is 0 Å². The number of rotatable bonds is 5. The molecule has 6 heteroatoms. The average molecular weight is 578 g/mol. The molecule has 0 atom stereocenters. The fourth-order valence-corrected chi connectivity index (χ4v) is 5.31. The van der Waals surface area contributed by atoms with Gasteiger partial charge in [0.05, 0.1) is 0 Å². The predicted molar refractivity (Wildman–Crippen MR) is 104 cm³/mol. The molecule has 3 nitrogen and oxygen atoms in total. The Balaban J connectivity index is 0.000000253. The molecule has 0 amide bonds. The fraction of sp³-hybridized carbons (Fsp3) is 0.471. The molecule has 0 saturated carbocycles. The number of nitrogens with zero attached hydrogens (tertiary/aromatic N) is 2. The molecule has 0 N–H and O–H groups in total. The zero-order valence-electron chi connectivity index (χ0n) is 14.7. The second-order valence-electron chi connectivity index (χ2n) is 5.07. The van der Waals surface area contributed by atoms with Gasteiger partial charge in [-0.15, -0.1) is 23.9 Å². The first-order valence-electron chi connectivity index (χ1n) is 7.70. The fourth-order valence-electron chi connectivity index (χ4n) is 1.87. The molecule has 0 bridgehead atoms. The van der Waals surface area contributed by atoms with Crippen LogP contribution in [0, 0.1) is 33.4 Å². The summed E-state index contributed by atoms with van der Waals surface area (Å²) in [5.41, 5.74) is 1.27. The number of hydrogen-bond donors (Lipinski definition) is 0. The maximum absolute atomic E-state index is 5.73. The van der Waals surface area contributed by atoms with Gasteiger partial charge in [0.15, 0.2) is 0 Å². The molecule has 128 valence electrons. The van der Waals surface area contributed by atoms with E-state index in [1.54, 1.807) is 23.9 Å². The van der Waals surface area contributed by atoms with Crippen molar-refractivity contribution in [3.8, 4) is 5.75 Å². The summed E-state index contributed by atoms with van der Waals surface area (Å²) in [6, 6.07) is 8.28. The van der Waals surface area contributed by atoms with Crippen LogP contribution in [0.4, 0.5) is 0 Å². The first kappa shape index (κ1) is 21.5. The van der Waals surface area contributed by atoms with Crippen LogP contribution in [0.2, 0.25) is 0 Å². The molecule has 0 unspecified atom stereocenters. The van der Waals surface area contributed by atoms with Crippen molar-refractivity contribution < 1.29 is 31.5 Å². The first-order valence-corrected chi connectivity index (χ1v) is 14.9. The van der Waals surface area contributed by atoms with Crippen LogP contribution in [-0.4, -0.2) is 46.4 Å². The van der Waals surface area contributed by atoms with Crippen LogP contribution in [-0.2, 0) is 0 Å². The summed E-state index contributed by atoms with van der Waals surface area (Å²) in [6.07, 6.45) is 4.45. The summed E-state index contributed by atoms with van der Waals surface area (Å²) in [5.74, 6) is 1.03. The predicted octanol–water partition coefficient (Wildman–Crippen LogP) is 3.81. The van der Waals surface area contributed by atoms with Gasteiger partial charge in [0.2, 0.25) is 0 Å². The van der Waals surface area contributed by atoms with E-state index in [2.05, 4.69) is 66.7 Å². The van der Waals surface area contributed by atoms with E-state index in [0.717, 1.165) is 18.8 Å². The van der Waals surface area contributed by atoms with Crippen molar-refractivity contribution in [2.45, 2.75) is 26.9 Å². The molecule has 1 aromatic carbocycles. The standard InChI is InChI=1S/C10H12O.C5H11N2S2.C2H4.U/c1-8(2)11-10-7-5-4-6-9(10)3;1-8-6-3-4-7(5-6)9-2;1-2;/h3-8H,1-2H3;5H,3-4H2,1-2H3;1H,2H3;/q;-1;;. The molecule has 0 aromatic heterocycles. The van der Waals surface area contributed by atoms with Crippen molar-refractivity contribution in [1.82, 2.24) is 8.61 Å². The normalized spacial score (nSPS) is 14.9. The van der Waals surface area contributed by atoms with Crippen LogP contribution < -0.4 is 4.74 Å². The first-order chi connectivity index (χ1) is 11.1. The van der Waals surface area contributed by atoms with Gasteiger partial charge in [-0.3, -0.25) is 0 Å². The molecule has 0 radical (unpaired) electrons. The van der Waals surface area contributed by atoms with E-state index in [-0.39, 0.29) is 6.10 Å². The Labute approximate surface area is 163 Å². The van der Waals surface area contributed by atoms with Crippen molar-refractivity contribution in [3.05, 3.63) is 36.5 Å². The summed E-state index contributed by atoms with van der Waals surface area (Å²) >= 11 is 2.81. The molecule has 0 spiro atoms. The van der Waals surface area contributed by atoms with Gasteiger partial charge in [0.25, 0.3) is 0 Å². The topological polar surface area (TPSA) is 15.7 Å². The van der Waals surface area contributed by atoms with E-state index < -0.39 is 26.7 Å². The molecule has 1 saturated heterocycles. The second kappa shape index (κ2) is 12.7. The minimum absolute atomic E-state index is 0.255. The molecule has 1 aliphatic heterocycles. The molecule has 1 aliphatic rings. The molecule has 1 heterocycles. The molecule has 23 heavy (non-hydrogen) atoms. The third-order valence-corrected chi connectivity index (χ3v) is 7.82. The quantitative estimate of drug-likeness (QED) is 0.390. The Kier molecular flexibility index (Phi) is 11.9. The average Bonchev–Trinajstić information content (AvgIpc) is 3.02. The summed E-state index contributed by atoms with van der Waals surface area (Å²) in [6.45, 7) is 10.7. The Morgan fingerprint density at radius 2 is 1.78 bits per heavy atom. The van der Waals surface area contributed by atoms with Crippen molar-refractivity contribution in [1.29, 1.82) is 0 Å². The minimum atomic E-state index is -0.742. The van der Waals surface area contributed by atoms with Gasteiger partial charge < -0.3 is 8.61 Å². The zero-order valence-corrected chi connectivity index (χ0v) is 20.4. The Bertz CT molecular complexity index is 509. The van der Waals surface area contributed by atoms with Gasteiger partial charge in [-0.2, -0.15) is 6.67 Å². The third-order valence-electron chi connectivity index (χ3n) is 2.95. The van der Waals surface area contributed by atoms with E-state index >= 15 is 0 Å². The molecular weight excluding hydrogens is 550 g/mol. The van der Waals surface area contributed by atoms with Crippen LogP contribution in [0.25, 0.3) is 0 Å². The van der Waals surface area contributed by atoms with E-state index in [4.69, 9.17) is 4.74 Å². The molecule has 1 aromatic rings. The van der Waals surface area contributed by atoms with Crippen LogP contribution in [0.3, 0.4) is 0 Å². The monoisotopic (exact) mass is 577 g/mol. The summed E-state index contributed by atoms with van der Waals surface area (Å²) < 4.78 is 14.9. The summed E-state index contributed by atoms with van der Waals surface area (Å²) in [5, 5.41) is 0. The third kappa shape index (κ3) is 8.90. The van der Waals surface area contributed by atoms with E-state index in [1.165, 1.54) is 5.56 Å². The molecule has 0 aliphatic carbocycles. The van der Waals surface area contributed by atoms with Crippen molar-refractivity contribution in [2.75, 3.05) is 25.6 Å². The van der Waals surface area contributed by atoms with Gasteiger partial charge in [0, 0.05) is 0 Å². The molecule has 1 fully saturated rings. The van der Waals surface area contributed by atoms with Crippen LogP contribution in [0.5, 0.6) is 5.75 Å². The van der Waals surface area contributed by atoms with E-state index in [0.29, 0.717) is 0 Å². The van der Waals surface area contributed by atoms with Crippen molar-refractivity contribution in [3.63, 3.8) is 0 Å². The molecular formula is C17H27N2OS2U-. The summed E-state index contributed by atoms with van der Waals surface area (Å²) in [4.78, 5) is 0. The Hall–Kier alpha value is 0.432. The van der Waals surface area contributed by atoms with Gasteiger partial charge in [-0.25, -0.2) is 0 Å². The number of para-hydroxylation sites is 1. The number of ether oxygens (including phenoxy) is 1. The van der Waals surface area contributed by atoms with Gasteiger partial charge in [-0.1, -0.05) is 0 Å². The maximum atomic E-state index is 5.73. The van der Waals surface area contributed by atoms with Gasteiger partial charge >= 0.3 is 100.0 Å². The van der Waals surface area contributed by atoms with Crippen LogP contribution in [0.1, 0.15) is 26.3 Å². The number of benzene rings is 1. The van der Waals surface area contributed by atoms with Crippen molar-refractivity contribution >= 4 is 30.0 Å². The SMILES string of the molecule is CSN1[CH-]N(SC)CC1.C[CH]=[U]=[CH]c1ccccc1OC(C)C. The van der Waals surface area contributed by atoms with E-state index in [1.807, 2.05) is 12.1 Å². The second-order valence-corrected chi connectivity index (χ2v) is 11.7. The van der Waals surface area contributed by atoms with Gasteiger partial charge in [-0.05, 0) is 25.6 Å². The zero-order chi connectivity index (χ0) is 17.1. The van der Waals surface area contributed by atoms with Crippen LogP contribution >= 0.6 is 23.9 Å². The van der Waals surface area contributed by atoms with Gasteiger partial charge in [0.1, 0.15) is 0 Å². The Morgan fingerprint density at radius 1 is 1.17 bits per heavy atom. The Morgan fingerprint density at radius 3 is 2.26 bits per heavy atom. The number of hydrogen-bond acceptors (Lipinski definition) is 5. The summed E-state index contributed by atoms with van der Waals surface area (Å²) in [7, 11) is 0. The van der Waals surface area contributed by atoms with Crippen LogP contribution in [0.15, 0.2) is 24.3 Å².